The van der Waals surface area contributed by atoms with Crippen molar-refractivity contribution >= 4 is 85.6 Å². The highest BCUT2D eigenvalue weighted by Crippen LogP contribution is 2.35. The third-order valence-corrected chi connectivity index (χ3v) is 5.53. The Morgan fingerprint density at radius 3 is 2.20 bits per heavy atom. The summed E-state index contributed by atoms with van der Waals surface area (Å²) in [6, 6.07) is 10.0. The molecule has 0 radical (unpaired) electrons. The summed E-state index contributed by atoms with van der Waals surface area (Å²) in [4.78, 5) is 6.24. The van der Waals surface area contributed by atoms with Crippen LogP contribution in [0, 0.1) is 0 Å². The summed E-state index contributed by atoms with van der Waals surface area (Å²) in [5, 5.41) is 1.89. The lowest BCUT2D eigenvalue weighted by atomic mass is 10.3. The molecule has 132 valence electrons. The monoisotopic (exact) mass is 452 g/mol. The Kier molecular flexibility index (Phi) is 7.68. The summed E-state index contributed by atoms with van der Waals surface area (Å²) in [6.45, 7) is 0. The molecule has 0 fully saturated rings. The molecule has 0 spiro atoms. The lowest BCUT2D eigenvalue weighted by Gasteiger charge is -2.15. The molecule has 2 rings (SSSR count). The maximum Gasteiger partial charge on any atom is 0.263 e. The van der Waals surface area contributed by atoms with Crippen LogP contribution in [0.5, 0.6) is 5.75 Å². The SMILES string of the molecule is CN(C)C(=S)SC(=Nc1ccc(Cl)cc1)Oc1cc(Cl)c(Cl)cc1Cl. The maximum absolute atomic E-state index is 6.18. The molecule has 0 aliphatic heterocycles. The lowest BCUT2D eigenvalue weighted by Crippen LogP contribution is -2.19. The number of hydrogen-bond acceptors (Lipinski definition) is 4. The molecule has 3 nitrogen and oxygen atoms in total. The van der Waals surface area contributed by atoms with E-state index in [4.69, 9.17) is 63.4 Å². The van der Waals surface area contributed by atoms with Crippen LogP contribution in [0.1, 0.15) is 0 Å². The van der Waals surface area contributed by atoms with Crippen molar-refractivity contribution in [2.75, 3.05) is 14.1 Å². The van der Waals surface area contributed by atoms with Gasteiger partial charge in [-0.25, -0.2) is 4.99 Å². The van der Waals surface area contributed by atoms with Gasteiger partial charge in [0.25, 0.3) is 5.23 Å². The average Bonchev–Trinajstić information content (AvgIpc) is 2.54. The van der Waals surface area contributed by atoms with E-state index in [1.165, 1.54) is 23.9 Å². The fourth-order valence-corrected chi connectivity index (χ4v) is 3.06. The van der Waals surface area contributed by atoms with Gasteiger partial charge in [-0.05, 0) is 42.1 Å². The number of benzene rings is 2. The third kappa shape index (κ3) is 6.20. The molecule has 9 heteroatoms. The van der Waals surface area contributed by atoms with Gasteiger partial charge in [0.05, 0.1) is 20.8 Å². The summed E-state index contributed by atoms with van der Waals surface area (Å²) in [7, 11) is 3.67. The van der Waals surface area contributed by atoms with Crippen LogP contribution in [0.15, 0.2) is 41.4 Å². The molecule has 0 amide bonds. The van der Waals surface area contributed by atoms with E-state index in [1.54, 1.807) is 29.2 Å². The number of ether oxygens (including phenoxy) is 1. The van der Waals surface area contributed by atoms with E-state index in [9.17, 15) is 0 Å². The summed E-state index contributed by atoms with van der Waals surface area (Å²) in [6.07, 6.45) is 0. The van der Waals surface area contributed by atoms with E-state index < -0.39 is 0 Å². The quantitative estimate of drug-likeness (QED) is 0.212. The Morgan fingerprint density at radius 2 is 1.60 bits per heavy atom. The summed E-state index contributed by atoms with van der Waals surface area (Å²) in [5.41, 5.74) is 0.657. The van der Waals surface area contributed by atoms with Crippen LogP contribution in [0.25, 0.3) is 0 Å². The number of hydrogen-bond donors (Lipinski definition) is 0. The Labute approximate surface area is 175 Å². The van der Waals surface area contributed by atoms with Crippen molar-refractivity contribution in [1.29, 1.82) is 0 Å². The molecule has 0 heterocycles. The minimum absolute atomic E-state index is 0.293. The number of nitrogens with zero attached hydrogens (tertiary/aromatic N) is 2. The van der Waals surface area contributed by atoms with E-state index in [2.05, 4.69) is 4.99 Å². The van der Waals surface area contributed by atoms with Gasteiger partial charge in [0.2, 0.25) is 0 Å². The summed E-state index contributed by atoms with van der Waals surface area (Å²) in [5.74, 6) is 0.331. The van der Waals surface area contributed by atoms with Crippen LogP contribution >= 0.6 is 70.4 Å². The second kappa shape index (κ2) is 9.31. The predicted molar refractivity (Wildman–Crippen MR) is 115 cm³/mol. The summed E-state index contributed by atoms with van der Waals surface area (Å²) < 4.78 is 6.40. The standard InChI is InChI=1S/C16H12Cl4N2OS2/c1-22(2)16(24)25-15(21-10-5-3-9(17)4-6-10)23-14-8-12(19)11(18)7-13(14)20/h3-8H,1-2H3. The first-order chi connectivity index (χ1) is 11.8. The minimum Gasteiger partial charge on any atom is -0.432 e. The van der Waals surface area contributed by atoms with Gasteiger partial charge < -0.3 is 9.64 Å². The lowest BCUT2D eigenvalue weighted by molar-refractivity contribution is 0.567. The number of thioether (sulfide) groups is 1. The Bertz CT molecular complexity index is 811. The number of halogens is 4. The molecule has 0 N–H and O–H groups in total. The predicted octanol–water partition coefficient (Wildman–Crippen LogP) is 6.95. The highest BCUT2D eigenvalue weighted by Gasteiger charge is 2.14. The highest BCUT2D eigenvalue weighted by molar-refractivity contribution is 8.32. The van der Waals surface area contributed by atoms with Crippen LogP contribution < -0.4 is 4.74 Å². The molecule has 0 unspecified atom stereocenters. The highest BCUT2D eigenvalue weighted by atomic mass is 35.5. The number of aliphatic imine (C=N–C) groups is 1. The van der Waals surface area contributed by atoms with Gasteiger partial charge in [0, 0.05) is 25.2 Å². The van der Waals surface area contributed by atoms with E-state index in [-0.39, 0.29) is 0 Å². The molecule has 0 saturated heterocycles. The first-order valence-electron chi connectivity index (χ1n) is 6.82. The maximum atomic E-state index is 6.18. The van der Waals surface area contributed by atoms with Gasteiger partial charge in [-0.3, -0.25) is 0 Å². The topological polar surface area (TPSA) is 24.8 Å². The second-order valence-corrected chi connectivity index (χ2v) is 8.16. The zero-order chi connectivity index (χ0) is 18.6. The van der Waals surface area contributed by atoms with Gasteiger partial charge in [-0.1, -0.05) is 58.6 Å². The minimum atomic E-state index is 0.293. The molecule has 0 bridgehead atoms. The van der Waals surface area contributed by atoms with Gasteiger partial charge in [-0.15, -0.1) is 0 Å². The van der Waals surface area contributed by atoms with Crippen LogP contribution in [0.3, 0.4) is 0 Å². The first kappa shape index (κ1) is 20.6. The molecule has 2 aromatic carbocycles. The van der Waals surface area contributed by atoms with Crippen molar-refractivity contribution in [2.24, 2.45) is 4.99 Å². The Balaban J connectivity index is 2.36. The number of thiocarbonyl (C=S) groups is 1. The molecular weight excluding hydrogens is 442 g/mol. The van der Waals surface area contributed by atoms with Gasteiger partial charge in [0.15, 0.2) is 0 Å². The van der Waals surface area contributed by atoms with Crippen LogP contribution in [0.2, 0.25) is 20.1 Å². The Hall–Kier alpha value is -0.690. The molecule has 0 aliphatic rings. The number of rotatable bonds is 2. The van der Waals surface area contributed by atoms with Crippen LogP contribution in [0.4, 0.5) is 5.69 Å². The van der Waals surface area contributed by atoms with Crippen molar-refractivity contribution in [1.82, 2.24) is 4.90 Å². The fourth-order valence-electron chi connectivity index (χ4n) is 1.53. The Morgan fingerprint density at radius 1 is 1.00 bits per heavy atom. The summed E-state index contributed by atoms with van der Waals surface area (Å²) >= 11 is 30.6. The van der Waals surface area contributed by atoms with Crippen molar-refractivity contribution < 1.29 is 4.74 Å². The van der Waals surface area contributed by atoms with Crippen molar-refractivity contribution in [3.63, 3.8) is 0 Å². The fraction of sp³-hybridized carbons (Fsp3) is 0.125. The first-order valence-corrected chi connectivity index (χ1v) is 9.55. The molecule has 2 aromatic rings. The van der Waals surface area contributed by atoms with Crippen molar-refractivity contribution in [3.8, 4) is 5.75 Å². The van der Waals surface area contributed by atoms with E-state index in [0.29, 0.717) is 41.1 Å². The second-order valence-electron chi connectivity index (χ2n) is 4.92. The van der Waals surface area contributed by atoms with Crippen LogP contribution in [-0.2, 0) is 0 Å². The third-order valence-electron chi connectivity index (χ3n) is 2.76. The van der Waals surface area contributed by atoms with E-state index >= 15 is 0 Å². The van der Waals surface area contributed by atoms with E-state index in [1.807, 2.05) is 14.1 Å². The molecule has 0 aromatic heterocycles. The molecular formula is C16H12Cl4N2OS2. The zero-order valence-electron chi connectivity index (χ0n) is 13.1. The van der Waals surface area contributed by atoms with Gasteiger partial charge in [0.1, 0.15) is 10.1 Å². The van der Waals surface area contributed by atoms with Crippen molar-refractivity contribution in [2.45, 2.75) is 0 Å². The molecule has 0 saturated carbocycles. The van der Waals surface area contributed by atoms with Gasteiger partial charge >= 0.3 is 0 Å². The normalized spacial score (nSPS) is 11.4. The molecule has 0 atom stereocenters. The largest absolute Gasteiger partial charge is 0.432 e. The van der Waals surface area contributed by atoms with E-state index in [0.717, 1.165) is 0 Å². The van der Waals surface area contributed by atoms with Crippen molar-refractivity contribution in [3.05, 3.63) is 56.5 Å². The zero-order valence-corrected chi connectivity index (χ0v) is 17.8. The molecule has 25 heavy (non-hydrogen) atoms. The smallest absolute Gasteiger partial charge is 0.263 e. The van der Waals surface area contributed by atoms with Gasteiger partial charge in [-0.2, -0.15) is 0 Å². The molecule has 0 aliphatic carbocycles. The average molecular weight is 454 g/mol. The van der Waals surface area contributed by atoms with Crippen LogP contribution in [-0.4, -0.2) is 28.5 Å².